The van der Waals surface area contributed by atoms with E-state index in [1.54, 1.807) is 0 Å². The lowest BCUT2D eigenvalue weighted by Gasteiger charge is -2.12. The first-order valence-electron chi connectivity index (χ1n) is 7.12. The van der Waals surface area contributed by atoms with Gasteiger partial charge in [0.25, 0.3) is 0 Å². The Morgan fingerprint density at radius 2 is 2.11 bits per heavy atom. The van der Waals surface area contributed by atoms with Gasteiger partial charge in [-0.05, 0) is 49.1 Å². The molecule has 0 bridgehead atoms. The fraction of sp³-hybridized carbons (Fsp3) is 0.533. The summed E-state index contributed by atoms with van der Waals surface area (Å²) in [6.07, 6.45) is 3.93. The van der Waals surface area contributed by atoms with E-state index in [2.05, 4.69) is 22.3 Å². The number of carbonyl (C=O) groups excluding carboxylic acids is 1. The zero-order valence-corrected chi connectivity index (χ0v) is 11.2. The summed E-state index contributed by atoms with van der Waals surface area (Å²) < 4.78 is 0. The second-order valence-corrected chi connectivity index (χ2v) is 5.56. The quantitative estimate of drug-likeness (QED) is 0.848. The van der Waals surface area contributed by atoms with Crippen molar-refractivity contribution >= 4 is 11.6 Å². The summed E-state index contributed by atoms with van der Waals surface area (Å²) >= 11 is 0. The smallest absolute Gasteiger partial charge is 0.224 e. The van der Waals surface area contributed by atoms with E-state index in [9.17, 15) is 4.79 Å². The lowest BCUT2D eigenvalue weighted by Crippen LogP contribution is -2.18. The highest BCUT2D eigenvalue weighted by atomic mass is 16.1. The molecule has 0 radical (unpaired) electrons. The van der Waals surface area contributed by atoms with Gasteiger partial charge in [-0.2, -0.15) is 0 Å². The van der Waals surface area contributed by atoms with Gasteiger partial charge < -0.3 is 11.1 Å². The monoisotopic (exact) mass is 259 g/mol. The number of rotatable bonds is 5. The van der Waals surface area contributed by atoms with Gasteiger partial charge in [0.05, 0.1) is 0 Å². The molecule has 1 aromatic rings. The second kappa shape index (κ2) is 5.31. The maximum Gasteiger partial charge on any atom is 0.224 e. The first-order chi connectivity index (χ1) is 9.26. The minimum atomic E-state index is 0.0578. The number of fused-ring (bicyclic) bond motifs is 1. The number of nitrogens with zero attached hydrogens (tertiary/aromatic N) is 1. The SMILES string of the molecule is NCCCC(=O)Nc1ccc2c(c1)CN(C1CC1)C2. The second-order valence-electron chi connectivity index (χ2n) is 5.56. The third-order valence-corrected chi connectivity index (χ3v) is 3.91. The van der Waals surface area contributed by atoms with Crippen molar-refractivity contribution in [1.29, 1.82) is 0 Å². The molecule has 0 atom stereocenters. The lowest BCUT2D eigenvalue weighted by molar-refractivity contribution is -0.116. The maximum atomic E-state index is 11.7. The van der Waals surface area contributed by atoms with E-state index >= 15 is 0 Å². The number of hydrogen-bond acceptors (Lipinski definition) is 3. The molecule has 19 heavy (non-hydrogen) atoms. The van der Waals surface area contributed by atoms with Gasteiger partial charge in [0.1, 0.15) is 0 Å². The van der Waals surface area contributed by atoms with Crippen molar-refractivity contribution in [2.24, 2.45) is 5.73 Å². The van der Waals surface area contributed by atoms with Crippen LogP contribution in [0.5, 0.6) is 0 Å². The molecule has 4 nitrogen and oxygen atoms in total. The molecule has 3 N–H and O–H groups in total. The summed E-state index contributed by atoms with van der Waals surface area (Å²) in [6, 6.07) is 7.08. The number of hydrogen-bond donors (Lipinski definition) is 2. The summed E-state index contributed by atoms with van der Waals surface area (Å²) in [5.74, 6) is 0.0578. The number of anilines is 1. The number of benzene rings is 1. The topological polar surface area (TPSA) is 58.4 Å². The van der Waals surface area contributed by atoms with Gasteiger partial charge in [0.2, 0.25) is 5.91 Å². The third kappa shape index (κ3) is 2.96. The van der Waals surface area contributed by atoms with Gasteiger partial charge in [-0.3, -0.25) is 9.69 Å². The van der Waals surface area contributed by atoms with Crippen molar-refractivity contribution in [3.63, 3.8) is 0 Å². The first-order valence-corrected chi connectivity index (χ1v) is 7.12. The molecule has 1 saturated carbocycles. The first kappa shape index (κ1) is 12.6. The van der Waals surface area contributed by atoms with E-state index in [4.69, 9.17) is 5.73 Å². The van der Waals surface area contributed by atoms with Crippen molar-refractivity contribution in [2.75, 3.05) is 11.9 Å². The molecular formula is C15H21N3O. The normalized spacial score (nSPS) is 18.4. The Bertz CT molecular complexity index is 482. The van der Waals surface area contributed by atoms with Crippen molar-refractivity contribution in [3.05, 3.63) is 29.3 Å². The number of amides is 1. The maximum absolute atomic E-state index is 11.7. The zero-order valence-electron chi connectivity index (χ0n) is 11.2. The van der Waals surface area contributed by atoms with Crippen molar-refractivity contribution in [2.45, 2.75) is 44.8 Å². The third-order valence-electron chi connectivity index (χ3n) is 3.91. The minimum absolute atomic E-state index is 0.0578. The summed E-state index contributed by atoms with van der Waals surface area (Å²) in [7, 11) is 0. The Morgan fingerprint density at radius 3 is 2.84 bits per heavy atom. The Balaban J connectivity index is 1.62. The highest BCUT2D eigenvalue weighted by molar-refractivity contribution is 5.90. The van der Waals surface area contributed by atoms with Crippen LogP contribution in [-0.2, 0) is 17.9 Å². The van der Waals surface area contributed by atoms with Crippen LogP contribution in [0.1, 0.15) is 36.8 Å². The molecule has 1 amide bonds. The fourth-order valence-electron chi connectivity index (χ4n) is 2.68. The van der Waals surface area contributed by atoms with Gasteiger partial charge in [-0.25, -0.2) is 0 Å². The molecule has 0 unspecified atom stereocenters. The van der Waals surface area contributed by atoms with E-state index in [0.717, 1.165) is 31.2 Å². The van der Waals surface area contributed by atoms with Crippen LogP contribution in [0.4, 0.5) is 5.69 Å². The fourth-order valence-corrected chi connectivity index (χ4v) is 2.68. The molecule has 0 spiro atoms. The molecule has 3 rings (SSSR count). The van der Waals surface area contributed by atoms with Crippen molar-refractivity contribution in [1.82, 2.24) is 4.90 Å². The van der Waals surface area contributed by atoms with Gasteiger partial charge >= 0.3 is 0 Å². The highest BCUT2D eigenvalue weighted by Gasteiger charge is 2.32. The molecule has 0 aromatic heterocycles. The Labute approximate surface area is 114 Å². The molecule has 1 aromatic carbocycles. The van der Waals surface area contributed by atoms with Crippen LogP contribution in [0.25, 0.3) is 0 Å². The standard InChI is InChI=1S/C15H21N3O/c16-7-1-2-15(19)17-13-4-3-11-9-18(14-5-6-14)10-12(11)8-13/h3-4,8,14H,1-2,5-7,9-10,16H2,(H,17,19). The average molecular weight is 259 g/mol. The van der Waals surface area contributed by atoms with Crippen LogP contribution in [0.2, 0.25) is 0 Å². The lowest BCUT2D eigenvalue weighted by atomic mass is 10.1. The number of carbonyl (C=O) groups is 1. The number of nitrogens with one attached hydrogen (secondary N) is 1. The molecule has 1 aliphatic carbocycles. The Morgan fingerprint density at radius 1 is 1.32 bits per heavy atom. The molecule has 4 heteroatoms. The van der Waals surface area contributed by atoms with Crippen LogP contribution in [0, 0.1) is 0 Å². The molecular weight excluding hydrogens is 238 g/mol. The van der Waals surface area contributed by atoms with Crippen LogP contribution < -0.4 is 11.1 Å². The molecule has 1 fully saturated rings. The predicted molar refractivity (Wildman–Crippen MR) is 75.6 cm³/mol. The average Bonchev–Trinajstić information content (AvgIpc) is 3.16. The van der Waals surface area contributed by atoms with Gasteiger partial charge in [-0.15, -0.1) is 0 Å². The summed E-state index contributed by atoms with van der Waals surface area (Å²) in [4.78, 5) is 14.2. The van der Waals surface area contributed by atoms with Crippen molar-refractivity contribution < 1.29 is 4.79 Å². The molecule has 1 aliphatic heterocycles. The van der Waals surface area contributed by atoms with Crippen molar-refractivity contribution in [3.8, 4) is 0 Å². The zero-order chi connectivity index (χ0) is 13.2. The minimum Gasteiger partial charge on any atom is -0.330 e. The number of nitrogens with two attached hydrogens (primary N) is 1. The van der Waals surface area contributed by atoms with E-state index in [0.29, 0.717) is 13.0 Å². The summed E-state index contributed by atoms with van der Waals surface area (Å²) in [6.45, 7) is 2.67. The summed E-state index contributed by atoms with van der Waals surface area (Å²) in [5, 5.41) is 2.95. The molecule has 2 aliphatic rings. The van der Waals surface area contributed by atoms with Crippen LogP contribution in [-0.4, -0.2) is 23.4 Å². The van der Waals surface area contributed by atoms with E-state index in [1.165, 1.54) is 24.0 Å². The van der Waals surface area contributed by atoms with Crippen LogP contribution >= 0.6 is 0 Å². The molecule has 102 valence electrons. The molecule has 1 heterocycles. The van der Waals surface area contributed by atoms with Gasteiger partial charge in [0.15, 0.2) is 0 Å². The van der Waals surface area contributed by atoms with Crippen LogP contribution in [0.3, 0.4) is 0 Å². The Hall–Kier alpha value is -1.39. The summed E-state index contributed by atoms with van der Waals surface area (Å²) in [5.41, 5.74) is 9.10. The van der Waals surface area contributed by atoms with E-state index in [1.807, 2.05) is 6.07 Å². The van der Waals surface area contributed by atoms with Gasteiger partial charge in [0, 0.05) is 31.2 Å². The predicted octanol–water partition coefficient (Wildman–Crippen LogP) is 1.84. The van der Waals surface area contributed by atoms with E-state index in [-0.39, 0.29) is 5.91 Å². The van der Waals surface area contributed by atoms with Crippen LogP contribution in [0.15, 0.2) is 18.2 Å². The molecule has 0 saturated heterocycles. The van der Waals surface area contributed by atoms with E-state index < -0.39 is 0 Å². The highest BCUT2D eigenvalue weighted by Crippen LogP contribution is 2.35. The van der Waals surface area contributed by atoms with Gasteiger partial charge in [-0.1, -0.05) is 6.07 Å². The largest absolute Gasteiger partial charge is 0.330 e. The Kier molecular flexibility index (Phi) is 3.53.